The Kier molecular flexibility index (Phi) is 9.95. The van der Waals surface area contributed by atoms with E-state index in [0.717, 1.165) is 6.54 Å². The third kappa shape index (κ3) is 7.11. The van der Waals surface area contributed by atoms with E-state index < -0.39 is 15.6 Å². The molecule has 1 aliphatic rings. The first kappa shape index (κ1) is 22.9. The van der Waals surface area contributed by atoms with E-state index in [-0.39, 0.29) is 36.3 Å². The molecule has 1 fully saturated rings. The third-order valence-corrected chi connectivity index (χ3v) is 5.12. The van der Waals surface area contributed by atoms with Crippen molar-refractivity contribution in [3.63, 3.8) is 0 Å². The molecule has 1 atom stereocenters. The standard InChI is InChI=1S/C13H20ClN3O3S.2ClH/c14-11-1-3-12(4-2-11)21(19,20)17-8-7-16-10-13(18)5-6-15-9-13;;/h1-4,15-18H,5-10H2;2*1H. The summed E-state index contributed by atoms with van der Waals surface area (Å²) in [5, 5.41) is 16.7. The zero-order valence-electron chi connectivity index (χ0n) is 12.4. The minimum Gasteiger partial charge on any atom is -0.387 e. The predicted molar refractivity (Wildman–Crippen MR) is 96.4 cm³/mol. The highest BCUT2D eigenvalue weighted by Crippen LogP contribution is 2.14. The summed E-state index contributed by atoms with van der Waals surface area (Å²) in [5.74, 6) is 0. The highest BCUT2D eigenvalue weighted by atomic mass is 35.5. The fourth-order valence-electron chi connectivity index (χ4n) is 2.17. The van der Waals surface area contributed by atoms with Gasteiger partial charge < -0.3 is 15.7 Å². The van der Waals surface area contributed by atoms with Gasteiger partial charge in [0.15, 0.2) is 0 Å². The highest BCUT2D eigenvalue weighted by molar-refractivity contribution is 7.89. The van der Waals surface area contributed by atoms with Crippen molar-refractivity contribution < 1.29 is 13.5 Å². The van der Waals surface area contributed by atoms with Gasteiger partial charge in [-0.25, -0.2) is 13.1 Å². The van der Waals surface area contributed by atoms with Crippen LogP contribution in [-0.4, -0.2) is 51.8 Å². The van der Waals surface area contributed by atoms with Gasteiger partial charge in [0.05, 0.1) is 10.5 Å². The van der Waals surface area contributed by atoms with Gasteiger partial charge in [-0.1, -0.05) is 11.6 Å². The van der Waals surface area contributed by atoms with Crippen molar-refractivity contribution >= 4 is 46.4 Å². The lowest BCUT2D eigenvalue weighted by Gasteiger charge is -2.21. The van der Waals surface area contributed by atoms with Crippen molar-refractivity contribution in [1.29, 1.82) is 0 Å². The summed E-state index contributed by atoms with van der Waals surface area (Å²) in [5.41, 5.74) is -0.727. The lowest BCUT2D eigenvalue weighted by atomic mass is 10.0. The predicted octanol–water partition coefficient (Wildman–Crippen LogP) is 0.776. The van der Waals surface area contributed by atoms with Crippen LogP contribution in [0.4, 0.5) is 0 Å². The van der Waals surface area contributed by atoms with Crippen LogP contribution >= 0.6 is 36.4 Å². The van der Waals surface area contributed by atoms with Crippen LogP contribution in [0.25, 0.3) is 0 Å². The third-order valence-electron chi connectivity index (χ3n) is 3.39. The van der Waals surface area contributed by atoms with Crippen molar-refractivity contribution in [2.24, 2.45) is 0 Å². The fourth-order valence-corrected chi connectivity index (χ4v) is 3.33. The van der Waals surface area contributed by atoms with Crippen LogP contribution in [-0.2, 0) is 10.0 Å². The van der Waals surface area contributed by atoms with Crippen LogP contribution in [0.1, 0.15) is 6.42 Å². The Bertz CT molecular complexity index is 564. The normalized spacial score (nSPS) is 20.6. The molecular formula is C13H22Cl3N3O3S. The lowest BCUT2D eigenvalue weighted by Crippen LogP contribution is -2.44. The van der Waals surface area contributed by atoms with Crippen LogP contribution in [0, 0.1) is 0 Å². The van der Waals surface area contributed by atoms with Crippen LogP contribution in [0.15, 0.2) is 29.2 Å². The molecule has 6 nitrogen and oxygen atoms in total. The molecule has 1 saturated heterocycles. The van der Waals surface area contributed by atoms with Crippen molar-refractivity contribution in [2.45, 2.75) is 16.9 Å². The number of nitrogens with one attached hydrogen (secondary N) is 3. The molecule has 1 unspecified atom stereocenters. The molecule has 134 valence electrons. The highest BCUT2D eigenvalue weighted by Gasteiger charge is 2.30. The second-order valence-corrected chi connectivity index (χ2v) is 7.38. The second-order valence-electron chi connectivity index (χ2n) is 5.18. The minimum absolute atomic E-state index is 0. The number of β-amino-alcohol motifs (C(OH)–C–C–N with tert-alkyl or cyclic N) is 1. The molecule has 23 heavy (non-hydrogen) atoms. The Hall–Kier alpha value is -0.120. The lowest BCUT2D eigenvalue weighted by molar-refractivity contribution is 0.0616. The Morgan fingerprint density at radius 1 is 1.22 bits per heavy atom. The summed E-state index contributed by atoms with van der Waals surface area (Å²) in [7, 11) is -3.52. The van der Waals surface area contributed by atoms with Gasteiger partial charge in [-0.05, 0) is 37.2 Å². The maximum absolute atomic E-state index is 12.0. The number of halogens is 3. The summed E-state index contributed by atoms with van der Waals surface area (Å²) < 4.78 is 26.5. The van der Waals surface area contributed by atoms with Crippen molar-refractivity contribution in [3.8, 4) is 0 Å². The van der Waals surface area contributed by atoms with Gasteiger partial charge in [0.2, 0.25) is 10.0 Å². The van der Waals surface area contributed by atoms with Crippen molar-refractivity contribution in [1.82, 2.24) is 15.4 Å². The SMILES string of the molecule is Cl.Cl.O=S(=O)(NCCNCC1(O)CCNC1)c1ccc(Cl)cc1. The Morgan fingerprint density at radius 2 is 1.87 bits per heavy atom. The van der Waals surface area contributed by atoms with E-state index in [9.17, 15) is 13.5 Å². The number of rotatable bonds is 7. The second kappa shape index (κ2) is 10.0. The number of sulfonamides is 1. The maximum Gasteiger partial charge on any atom is 0.240 e. The molecule has 0 bridgehead atoms. The van der Waals surface area contributed by atoms with Gasteiger partial charge in [0.1, 0.15) is 0 Å². The number of aliphatic hydroxyl groups is 1. The van der Waals surface area contributed by atoms with E-state index in [0.29, 0.717) is 31.1 Å². The largest absolute Gasteiger partial charge is 0.387 e. The van der Waals surface area contributed by atoms with Crippen molar-refractivity contribution in [3.05, 3.63) is 29.3 Å². The van der Waals surface area contributed by atoms with Gasteiger partial charge in [-0.15, -0.1) is 24.8 Å². The van der Waals surface area contributed by atoms with E-state index in [1.807, 2.05) is 0 Å². The van der Waals surface area contributed by atoms with E-state index in [4.69, 9.17) is 11.6 Å². The van der Waals surface area contributed by atoms with Gasteiger partial charge in [-0.3, -0.25) is 0 Å². The average Bonchev–Trinajstić information content (AvgIpc) is 2.86. The van der Waals surface area contributed by atoms with E-state index in [1.165, 1.54) is 24.3 Å². The molecule has 0 spiro atoms. The zero-order valence-corrected chi connectivity index (χ0v) is 15.6. The topological polar surface area (TPSA) is 90.5 Å². The number of benzene rings is 1. The number of hydrogen-bond acceptors (Lipinski definition) is 5. The average molecular weight is 407 g/mol. The maximum atomic E-state index is 12.0. The summed E-state index contributed by atoms with van der Waals surface area (Å²) in [4.78, 5) is 0.186. The van der Waals surface area contributed by atoms with Gasteiger partial charge in [-0.2, -0.15) is 0 Å². The first-order chi connectivity index (χ1) is 9.91. The summed E-state index contributed by atoms with van der Waals surface area (Å²) in [6.45, 7) is 2.53. The molecule has 10 heteroatoms. The Labute approximate surface area is 154 Å². The van der Waals surface area contributed by atoms with Gasteiger partial charge in [0.25, 0.3) is 0 Å². The zero-order chi connectivity index (χ0) is 15.3. The van der Waals surface area contributed by atoms with Gasteiger partial charge in [0, 0.05) is 31.2 Å². The quantitative estimate of drug-likeness (QED) is 0.502. The van der Waals surface area contributed by atoms with Crippen LogP contribution in [0.5, 0.6) is 0 Å². The van der Waals surface area contributed by atoms with Crippen molar-refractivity contribution in [2.75, 3.05) is 32.7 Å². The molecule has 1 aromatic carbocycles. The van der Waals surface area contributed by atoms with E-state index in [1.54, 1.807) is 0 Å². The van der Waals surface area contributed by atoms with E-state index in [2.05, 4.69) is 15.4 Å². The van der Waals surface area contributed by atoms with E-state index >= 15 is 0 Å². The molecule has 0 aromatic heterocycles. The number of hydrogen-bond donors (Lipinski definition) is 4. The molecule has 1 aromatic rings. The van der Waals surface area contributed by atoms with Crippen LogP contribution in [0.3, 0.4) is 0 Å². The minimum atomic E-state index is -3.52. The van der Waals surface area contributed by atoms with Crippen LogP contribution in [0.2, 0.25) is 5.02 Å². The first-order valence-corrected chi connectivity index (χ1v) is 8.67. The molecule has 0 amide bonds. The molecule has 1 aliphatic heterocycles. The summed E-state index contributed by atoms with van der Waals surface area (Å²) in [6, 6.07) is 6.00. The molecular weight excluding hydrogens is 385 g/mol. The molecule has 4 N–H and O–H groups in total. The fraction of sp³-hybridized carbons (Fsp3) is 0.538. The Morgan fingerprint density at radius 3 is 2.43 bits per heavy atom. The molecule has 0 radical (unpaired) electrons. The smallest absolute Gasteiger partial charge is 0.240 e. The molecule has 0 aliphatic carbocycles. The molecule has 1 heterocycles. The molecule has 2 rings (SSSR count). The first-order valence-electron chi connectivity index (χ1n) is 6.80. The summed E-state index contributed by atoms with van der Waals surface area (Å²) in [6.07, 6.45) is 0.705. The monoisotopic (exact) mass is 405 g/mol. The summed E-state index contributed by atoms with van der Waals surface area (Å²) >= 11 is 5.73. The van der Waals surface area contributed by atoms with Crippen LogP contribution < -0.4 is 15.4 Å². The van der Waals surface area contributed by atoms with Gasteiger partial charge >= 0.3 is 0 Å². The Balaban J connectivity index is 0.00000242. The molecule has 0 saturated carbocycles.